The van der Waals surface area contributed by atoms with E-state index in [1.54, 1.807) is 6.07 Å². The van der Waals surface area contributed by atoms with Crippen molar-refractivity contribution in [2.75, 3.05) is 6.54 Å². The number of hydrogen-bond acceptors (Lipinski definition) is 1. The molecule has 2 aromatic rings. The van der Waals surface area contributed by atoms with Gasteiger partial charge in [-0.3, -0.25) is 0 Å². The third-order valence-corrected chi connectivity index (χ3v) is 4.44. The fourth-order valence-corrected chi connectivity index (χ4v) is 3.12. The maximum Gasteiger partial charge on any atom is 0.137 e. The molecule has 2 aromatic carbocycles. The summed E-state index contributed by atoms with van der Waals surface area (Å²) in [7, 11) is 0. The fraction of sp³-hybridized carbons (Fsp3) is 0.333. The van der Waals surface area contributed by atoms with Crippen LogP contribution in [0.25, 0.3) is 0 Å². The van der Waals surface area contributed by atoms with E-state index in [0.29, 0.717) is 4.47 Å². The van der Waals surface area contributed by atoms with Gasteiger partial charge in [-0.15, -0.1) is 0 Å². The fourth-order valence-electron chi connectivity index (χ4n) is 2.69. The van der Waals surface area contributed by atoms with Crippen molar-refractivity contribution in [1.29, 1.82) is 0 Å². The molecule has 21 heavy (non-hydrogen) atoms. The highest BCUT2D eigenvalue weighted by atomic mass is 79.9. The molecule has 0 aromatic heterocycles. The molecular formula is C18H21BrFN. The highest BCUT2D eigenvalue weighted by Gasteiger charge is 2.15. The summed E-state index contributed by atoms with van der Waals surface area (Å²) >= 11 is 3.36. The van der Waals surface area contributed by atoms with E-state index in [1.165, 1.54) is 22.8 Å². The van der Waals surface area contributed by atoms with E-state index in [9.17, 15) is 4.39 Å². The molecule has 0 saturated carbocycles. The van der Waals surface area contributed by atoms with Crippen molar-refractivity contribution < 1.29 is 4.39 Å². The van der Waals surface area contributed by atoms with E-state index in [4.69, 9.17) is 0 Å². The topological polar surface area (TPSA) is 12.0 Å². The molecule has 0 fully saturated rings. The predicted molar refractivity (Wildman–Crippen MR) is 90.1 cm³/mol. The van der Waals surface area contributed by atoms with Crippen molar-refractivity contribution in [2.24, 2.45) is 0 Å². The normalized spacial score (nSPS) is 12.4. The molecule has 1 N–H and O–H groups in total. The zero-order chi connectivity index (χ0) is 15.4. The molecule has 0 radical (unpaired) electrons. The Hall–Kier alpha value is -1.19. The van der Waals surface area contributed by atoms with Gasteiger partial charge in [0, 0.05) is 6.04 Å². The van der Waals surface area contributed by atoms with Gasteiger partial charge in [-0.2, -0.15) is 0 Å². The Labute approximate surface area is 134 Å². The average Bonchev–Trinajstić information content (AvgIpc) is 2.42. The quantitative estimate of drug-likeness (QED) is 0.791. The predicted octanol–water partition coefficient (Wildman–Crippen LogP) is 5.10. The van der Waals surface area contributed by atoms with Crippen LogP contribution in [0.3, 0.4) is 0 Å². The molecule has 0 amide bonds. The molecular weight excluding hydrogens is 329 g/mol. The summed E-state index contributed by atoms with van der Waals surface area (Å²) in [4.78, 5) is 0. The summed E-state index contributed by atoms with van der Waals surface area (Å²) in [5.74, 6) is -0.205. The summed E-state index contributed by atoms with van der Waals surface area (Å²) in [6.45, 7) is 7.19. The third-order valence-electron chi connectivity index (χ3n) is 3.55. The molecule has 0 aliphatic rings. The van der Waals surface area contributed by atoms with Gasteiger partial charge in [0.25, 0.3) is 0 Å². The first-order valence-corrected chi connectivity index (χ1v) is 8.05. The van der Waals surface area contributed by atoms with Gasteiger partial charge in [-0.25, -0.2) is 4.39 Å². The van der Waals surface area contributed by atoms with Gasteiger partial charge in [0.05, 0.1) is 4.47 Å². The molecule has 1 unspecified atom stereocenters. The second-order valence-corrected chi connectivity index (χ2v) is 6.24. The van der Waals surface area contributed by atoms with Gasteiger partial charge in [-0.05, 0) is 59.9 Å². The van der Waals surface area contributed by atoms with Crippen LogP contribution in [0.2, 0.25) is 0 Å². The summed E-state index contributed by atoms with van der Waals surface area (Å²) in [6, 6.07) is 12.0. The molecule has 1 nitrogen and oxygen atoms in total. The number of aryl methyl sites for hydroxylation is 2. The summed E-state index contributed by atoms with van der Waals surface area (Å²) in [5.41, 5.74) is 4.75. The Bertz CT molecular complexity index is 604. The number of rotatable bonds is 5. The second kappa shape index (κ2) is 7.19. The summed E-state index contributed by atoms with van der Waals surface area (Å²) in [5, 5.41) is 3.51. The highest BCUT2D eigenvalue weighted by Crippen LogP contribution is 2.27. The molecule has 112 valence electrons. The Balaban J connectivity index is 2.32. The largest absolute Gasteiger partial charge is 0.310 e. The second-order valence-electron chi connectivity index (χ2n) is 5.45. The van der Waals surface area contributed by atoms with E-state index in [2.05, 4.69) is 60.2 Å². The van der Waals surface area contributed by atoms with E-state index in [-0.39, 0.29) is 11.9 Å². The maximum absolute atomic E-state index is 13.7. The molecule has 0 aliphatic carbocycles. The molecule has 0 saturated heterocycles. The molecule has 2 rings (SSSR count). The lowest BCUT2D eigenvalue weighted by Crippen LogP contribution is -2.23. The van der Waals surface area contributed by atoms with Crippen LogP contribution in [0.5, 0.6) is 0 Å². The van der Waals surface area contributed by atoms with E-state index in [1.807, 2.05) is 6.07 Å². The lowest BCUT2D eigenvalue weighted by molar-refractivity contribution is 0.544. The lowest BCUT2D eigenvalue weighted by atomic mass is 9.96. The van der Waals surface area contributed by atoms with Crippen molar-refractivity contribution >= 4 is 15.9 Å². The zero-order valence-corrected chi connectivity index (χ0v) is 14.3. The molecule has 3 heteroatoms. The van der Waals surface area contributed by atoms with Gasteiger partial charge < -0.3 is 5.32 Å². The minimum atomic E-state index is -0.205. The Morgan fingerprint density at radius 1 is 1.14 bits per heavy atom. The number of benzene rings is 2. The zero-order valence-electron chi connectivity index (χ0n) is 12.7. The van der Waals surface area contributed by atoms with Crippen molar-refractivity contribution in [3.63, 3.8) is 0 Å². The Morgan fingerprint density at radius 3 is 2.43 bits per heavy atom. The summed E-state index contributed by atoms with van der Waals surface area (Å²) in [6.07, 6.45) is 0.759. The van der Waals surface area contributed by atoms with Crippen LogP contribution < -0.4 is 5.32 Å². The minimum Gasteiger partial charge on any atom is -0.310 e. The lowest BCUT2D eigenvalue weighted by Gasteiger charge is -2.20. The first-order chi connectivity index (χ1) is 10.0. The number of nitrogens with one attached hydrogen (secondary N) is 1. The van der Waals surface area contributed by atoms with Crippen molar-refractivity contribution in [2.45, 2.75) is 33.2 Å². The van der Waals surface area contributed by atoms with Crippen molar-refractivity contribution in [3.05, 3.63) is 68.9 Å². The van der Waals surface area contributed by atoms with Gasteiger partial charge >= 0.3 is 0 Å². The first-order valence-electron chi connectivity index (χ1n) is 7.25. The minimum absolute atomic E-state index is 0.187. The van der Waals surface area contributed by atoms with Crippen LogP contribution in [0, 0.1) is 19.7 Å². The molecule has 0 bridgehead atoms. The number of hydrogen-bond donors (Lipinski definition) is 1. The van der Waals surface area contributed by atoms with Crippen LogP contribution in [0.1, 0.15) is 35.2 Å². The average molecular weight is 350 g/mol. The molecule has 0 aliphatic heterocycles. The van der Waals surface area contributed by atoms with Gasteiger partial charge in [-0.1, -0.05) is 48.4 Å². The number of likely N-dealkylation sites (N-methyl/N-ethyl adjacent to an activating group) is 1. The first kappa shape index (κ1) is 16.2. The number of halogens is 2. The molecule has 1 atom stereocenters. The highest BCUT2D eigenvalue weighted by molar-refractivity contribution is 9.10. The smallest absolute Gasteiger partial charge is 0.137 e. The maximum atomic E-state index is 13.7. The van der Waals surface area contributed by atoms with E-state index >= 15 is 0 Å². The van der Waals surface area contributed by atoms with Gasteiger partial charge in [0.1, 0.15) is 5.82 Å². The van der Waals surface area contributed by atoms with Gasteiger partial charge in [0.15, 0.2) is 0 Å². The van der Waals surface area contributed by atoms with Crippen LogP contribution >= 0.6 is 15.9 Å². The monoisotopic (exact) mass is 349 g/mol. The van der Waals surface area contributed by atoms with Crippen LogP contribution in [-0.4, -0.2) is 6.54 Å². The third kappa shape index (κ3) is 4.14. The van der Waals surface area contributed by atoms with Crippen molar-refractivity contribution in [3.8, 4) is 0 Å². The Kier molecular flexibility index (Phi) is 5.54. The Morgan fingerprint density at radius 2 is 1.81 bits per heavy atom. The van der Waals surface area contributed by atoms with Crippen LogP contribution in [-0.2, 0) is 6.42 Å². The summed E-state index contributed by atoms with van der Waals surface area (Å²) < 4.78 is 14.2. The van der Waals surface area contributed by atoms with Crippen LogP contribution in [0.15, 0.2) is 40.9 Å². The SMILES string of the molecule is CCNC(Cc1cccc(F)c1Br)c1cc(C)cc(C)c1. The standard InChI is InChI=1S/C18H21BrFN/c1-4-21-17(15-9-12(2)8-13(3)10-15)11-14-6-5-7-16(20)18(14)19/h5-10,17,21H,4,11H2,1-3H3. The van der Waals surface area contributed by atoms with Crippen LogP contribution in [0.4, 0.5) is 4.39 Å². The molecule has 0 heterocycles. The van der Waals surface area contributed by atoms with Crippen molar-refractivity contribution in [1.82, 2.24) is 5.32 Å². The molecule has 0 spiro atoms. The van der Waals surface area contributed by atoms with Gasteiger partial charge in [0.2, 0.25) is 0 Å². The van der Waals surface area contributed by atoms with E-state index in [0.717, 1.165) is 18.5 Å². The van der Waals surface area contributed by atoms with E-state index < -0.39 is 0 Å².